The number of hydrogen-bond donors (Lipinski definition) is 1. The average Bonchev–Trinajstić information content (AvgIpc) is 2.53. The minimum atomic E-state index is -1.27. The second-order valence-electron chi connectivity index (χ2n) is 5.59. The summed E-state index contributed by atoms with van der Waals surface area (Å²) in [5, 5.41) is 10.3. The number of rotatable bonds is 6. The van der Waals surface area contributed by atoms with E-state index in [0.29, 0.717) is 6.29 Å². The first-order valence-corrected chi connectivity index (χ1v) is 6.88. The highest BCUT2D eigenvalue weighted by Gasteiger charge is 2.34. The fraction of sp³-hybridized carbons (Fsp3) is 0.294. The fourth-order valence-corrected chi connectivity index (χ4v) is 1.88. The van der Waals surface area contributed by atoms with E-state index in [1.165, 1.54) is 12.3 Å². The van der Waals surface area contributed by atoms with Gasteiger partial charge in [0, 0.05) is 6.07 Å². The third-order valence-electron chi connectivity index (χ3n) is 3.34. The number of carbonyl (C=O) groups excluding carboxylic acids is 1. The summed E-state index contributed by atoms with van der Waals surface area (Å²) in [5.74, 6) is -0.116. The van der Waals surface area contributed by atoms with Crippen LogP contribution >= 0.6 is 0 Å². The number of carbonyl (C=O) groups is 1. The minimum Gasteiger partial charge on any atom is -0.482 e. The molecule has 1 unspecified atom stereocenters. The Balaban J connectivity index is 2.31. The summed E-state index contributed by atoms with van der Waals surface area (Å²) in [6.07, 6.45) is 0.521. The molecule has 1 N–H and O–H groups in total. The van der Waals surface area contributed by atoms with E-state index in [1.54, 1.807) is 13.8 Å². The molecule has 2 aromatic rings. The van der Waals surface area contributed by atoms with Crippen molar-refractivity contribution in [2.75, 3.05) is 0 Å². The molecule has 0 bridgehead atoms. The van der Waals surface area contributed by atoms with Crippen LogP contribution in [0.25, 0.3) is 0 Å². The summed E-state index contributed by atoms with van der Waals surface area (Å²) in [5.41, 5.74) is -0.624. The smallest absolute Gasteiger partial charge is 0.227 e. The maximum absolute atomic E-state index is 12.0. The molecule has 0 fully saturated rings. The van der Waals surface area contributed by atoms with Gasteiger partial charge in [0.05, 0.1) is 11.7 Å². The lowest BCUT2D eigenvalue weighted by molar-refractivity contribution is -0.121. The van der Waals surface area contributed by atoms with E-state index >= 15 is 0 Å². The number of ether oxygens (including phenoxy) is 1. The topological polar surface area (TPSA) is 76.7 Å². The van der Waals surface area contributed by atoms with Gasteiger partial charge >= 0.3 is 0 Å². The van der Waals surface area contributed by atoms with Gasteiger partial charge in [0.25, 0.3) is 0 Å². The van der Waals surface area contributed by atoms with Crippen molar-refractivity contribution in [1.29, 1.82) is 0 Å². The largest absolute Gasteiger partial charge is 0.482 e. The Labute approximate surface area is 128 Å². The highest BCUT2D eigenvalue weighted by atomic mass is 16.5. The maximum atomic E-state index is 12.0. The van der Waals surface area contributed by atoms with Crippen molar-refractivity contribution >= 4 is 6.29 Å². The molecular weight excluding hydrogens is 284 g/mol. The van der Waals surface area contributed by atoms with Crippen molar-refractivity contribution in [3.05, 3.63) is 64.2 Å². The first-order chi connectivity index (χ1) is 10.5. The second kappa shape index (κ2) is 6.58. The van der Waals surface area contributed by atoms with Crippen LogP contribution in [0.3, 0.4) is 0 Å². The molecule has 5 nitrogen and oxygen atoms in total. The van der Waals surface area contributed by atoms with Gasteiger partial charge in [0.15, 0.2) is 5.76 Å². The summed E-state index contributed by atoms with van der Waals surface area (Å²) in [7, 11) is 0. The van der Waals surface area contributed by atoms with Gasteiger partial charge < -0.3 is 19.1 Å². The second-order valence-corrected chi connectivity index (χ2v) is 5.59. The molecule has 2 rings (SSSR count). The van der Waals surface area contributed by atoms with Crippen LogP contribution in [0, 0.1) is 5.41 Å². The number of aliphatic hydroxyl groups is 1. The summed E-state index contributed by atoms with van der Waals surface area (Å²) in [6, 6.07) is 10.5. The Morgan fingerprint density at radius 3 is 2.59 bits per heavy atom. The predicted molar refractivity (Wildman–Crippen MR) is 80.6 cm³/mol. The minimum absolute atomic E-state index is 0.0412. The van der Waals surface area contributed by atoms with Gasteiger partial charge in [-0.2, -0.15) is 0 Å². The lowest BCUT2D eigenvalue weighted by Crippen LogP contribution is -2.25. The fourth-order valence-electron chi connectivity index (χ4n) is 1.88. The van der Waals surface area contributed by atoms with E-state index in [0.717, 1.165) is 5.56 Å². The summed E-state index contributed by atoms with van der Waals surface area (Å²) < 4.78 is 10.8. The molecular formula is C17H18O5. The van der Waals surface area contributed by atoms with Crippen molar-refractivity contribution in [3.63, 3.8) is 0 Å². The highest BCUT2D eigenvalue weighted by Crippen LogP contribution is 2.35. The molecule has 5 heteroatoms. The van der Waals surface area contributed by atoms with Crippen LogP contribution in [-0.4, -0.2) is 11.4 Å². The molecule has 0 aliphatic heterocycles. The van der Waals surface area contributed by atoms with Gasteiger partial charge in [-0.1, -0.05) is 44.2 Å². The van der Waals surface area contributed by atoms with Crippen LogP contribution in [0.1, 0.15) is 31.3 Å². The number of aldehydes is 1. The maximum Gasteiger partial charge on any atom is 0.227 e. The number of benzene rings is 1. The molecule has 1 aromatic heterocycles. The molecule has 0 aliphatic rings. The zero-order chi connectivity index (χ0) is 16.2. The third-order valence-corrected chi connectivity index (χ3v) is 3.34. The summed E-state index contributed by atoms with van der Waals surface area (Å²) in [4.78, 5) is 23.1. The van der Waals surface area contributed by atoms with Crippen LogP contribution in [0.15, 0.2) is 51.9 Å². The predicted octanol–water partition coefficient (Wildman–Crippen LogP) is 2.48. The molecule has 116 valence electrons. The van der Waals surface area contributed by atoms with E-state index < -0.39 is 16.9 Å². The van der Waals surface area contributed by atoms with Crippen LogP contribution in [-0.2, 0) is 11.4 Å². The zero-order valence-electron chi connectivity index (χ0n) is 12.5. The Bertz CT molecular complexity index is 688. The lowest BCUT2D eigenvalue weighted by Gasteiger charge is -2.24. The number of aliphatic hydroxyl groups excluding tert-OH is 1. The molecule has 1 aromatic carbocycles. The van der Waals surface area contributed by atoms with Crippen molar-refractivity contribution in [1.82, 2.24) is 0 Å². The normalized spacial score (nSPS) is 12.7. The molecule has 0 spiro atoms. The summed E-state index contributed by atoms with van der Waals surface area (Å²) >= 11 is 0. The first kappa shape index (κ1) is 16.0. The van der Waals surface area contributed by atoms with Crippen LogP contribution < -0.4 is 10.2 Å². The quantitative estimate of drug-likeness (QED) is 0.830. The van der Waals surface area contributed by atoms with Gasteiger partial charge in [-0.05, 0) is 5.56 Å². The summed E-state index contributed by atoms with van der Waals surface area (Å²) in [6.45, 7) is 3.27. The third kappa shape index (κ3) is 3.43. The van der Waals surface area contributed by atoms with Gasteiger partial charge in [-0.25, -0.2) is 0 Å². The lowest BCUT2D eigenvalue weighted by atomic mass is 9.86. The first-order valence-electron chi connectivity index (χ1n) is 6.88. The van der Waals surface area contributed by atoms with E-state index in [-0.39, 0.29) is 18.1 Å². The highest BCUT2D eigenvalue weighted by molar-refractivity contribution is 5.59. The van der Waals surface area contributed by atoms with Gasteiger partial charge in [-0.15, -0.1) is 0 Å². The molecule has 0 saturated heterocycles. The van der Waals surface area contributed by atoms with Crippen molar-refractivity contribution in [3.8, 4) is 5.75 Å². The number of hydrogen-bond acceptors (Lipinski definition) is 5. The van der Waals surface area contributed by atoms with E-state index in [2.05, 4.69) is 0 Å². The van der Waals surface area contributed by atoms with E-state index in [9.17, 15) is 14.7 Å². The van der Waals surface area contributed by atoms with E-state index in [4.69, 9.17) is 9.15 Å². The Kier molecular flexibility index (Phi) is 4.78. The molecule has 0 aliphatic carbocycles. The Morgan fingerprint density at radius 2 is 1.95 bits per heavy atom. The van der Waals surface area contributed by atoms with Gasteiger partial charge in [0.1, 0.15) is 19.0 Å². The van der Waals surface area contributed by atoms with Crippen LogP contribution in [0.5, 0.6) is 5.75 Å². The van der Waals surface area contributed by atoms with Crippen molar-refractivity contribution in [2.24, 2.45) is 5.41 Å². The molecule has 22 heavy (non-hydrogen) atoms. The van der Waals surface area contributed by atoms with E-state index in [1.807, 2.05) is 30.3 Å². The van der Waals surface area contributed by atoms with Crippen LogP contribution in [0.2, 0.25) is 0 Å². The molecule has 1 atom stereocenters. The monoisotopic (exact) mass is 302 g/mol. The van der Waals surface area contributed by atoms with Gasteiger partial charge in [-0.3, -0.25) is 4.79 Å². The van der Waals surface area contributed by atoms with Gasteiger partial charge in [0.2, 0.25) is 11.2 Å². The van der Waals surface area contributed by atoms with Crippen LogP contribution in [0.4, 0.5) is 0 Å². The molecule has 1 heterocycles. The zero-order valence-corrected chi connectivity index (χ0v) is 12.5. The average molecular weight is 302 g/mol. The Morgan fingerprint density at radius 1 is 1.27 bits per heavy atom. The van der Waals surface area contributed by atoms with Crippen molar-refractivity contribution in [2.45, 2.75) is 26.6 Å². The molecule has 0 amide bonds. The Hall–Kier alpha value is -2.40. The van der Waals surface area contributed by atoms with Crippen molar-refractivity contribution < 1.29 is 19.1 Å². The SMILES string of the molecule is CC(C)(C=O)C(O)c1occc(=O)c1OCc1ccccc1. The molecule has 0 radical (unpaired) electrons. The molecule has 0 saturated carbocycles. The standard InChI is InChI=1S/C17H18O5/c1-17(2,11-18)16(20)15-14(13(19)8-9-21-15)22-10-12-6-4-3-5-7-12/h3-9,11,16,20H,10H2,1-2H3.